The van der Waals surface area contributed by atoms with Crippen molar-refractivity contribution < 1.29 is 20.4 Å². The normalized spacial score (nSPS) is 17.2. The van der Waals surface area contributed by atoms with Crippen LogP contribution in [0.2, 0.25) is 0 Å². The fourth-order valence-corrected chi connectivity index (χ4v) is 3.03. The van der Waals surface area contributed by atoms with Crippen molar-refractivity contribution in [2.24, 2.45) is 0 Å². The van der Waals surface area contributed by atoms with E-state index in [0.717, 1.165) is 38.8 Å². The average molecular weight is 349 g/mol. The van der Waals surface area contributed by atoms with Crippen molar-refractivity contribution in [3.05, 3.63) is 0 Å². The minimum atomic E-state index is -0.377. The second kappa shape index (κ2) is 14.0. The van der Waals surface area contributed by atoms with Crippen LogP contribution in [0.4, 0.5) is 0 Å². The molecule has 0 saturated heterocycles. The Labute approximate surface area is 148 Å². The maximum Gasteiger partial charge on any atom is 0.0639 e. The van der Waals surface area contributed by atoms with E-state index in [4.69, 9.17) is 0 Å². The molecule has 0 aromatic rings. The van der Waals surface area contributed by atoms with Crippen molar-refractivity contribution in [3.63, 3.8) is 0 Å². The average Bonchev–Trinajstić information content (AvgIpc) is 2.39. The molecule has 0 spiro atoms. The summed E-state index contributed by atoms with van der Waals surface area (Å²) in [5.41, 5.74) is 0. The molecule has 146 valence electrons. The van der Waals surface area contributed by atoms with E-state index in [2.05, 4.69) is 9.80 Å². The van der Waals surface area contributed by atoms with Gasteiger partial charge in [-0.1, -0.05) is 12.8 Å². The summed E-state index contributed by atoms with van der Waals surface area (Å²) in [5, 5.41) is 38.0. The molecule has 0 radical (unpaired) electrons. The zero-order valence-corrected chi connectivity index (χ0v) is 16.1. The molecule has 0 heterocycles. The van der Waals surface area contributed by atoms with Gasteiger partial charge in [-0.25, -0.2) is 0 Å². The Hall–Kier alpha value is -0.240. The molecule has 24 heavy (non-hydrogen) atoms. The molecular weight excluding hydrogens is 308 g/mol. The van der Waals surface area contributed by atoms with Gasteiger partial charge in [0.2, 0.25) is 0 Å². The second-order valence-corrected chi connectivity index (χ2v) is 7.33. The molecule has 0 aromatic heterocycles. The van der Waals surface area contributed by atoms with Crippen LogP contribution in [0.5, 0.6) is 0 Å². The highest BCUT2D eigenvalue weighted by Crippen LogP contribution is 2.06. The van der Waals surface area contributed by atoms with E-state index in [1.807, 2.05) is 0 Å². The van der Waals surface area contributed by atoms with Gasteiger partial charge >= 0.3 is 0 Å². The van der Waals surface area contributed by atoms with Crippen LogP contribution in [0.1, 0.15) is 53.4 Å². The van der Waals surface area contributed by atoms with E-state index in [-0.39, 0.29) is 24.4 Å². The summed E-state index contributed by atoms with van der Waals surface area (Å²) in [6.45, 7) is 11.3. The summed E-state index contributed by atoms with van der Waals surface area (Å²) >= 11 is 0. The first-order valence-corrected chi connectivity index (χ1v) is 9.37. The highest BCUT2D eigenvalue weighted by Gasteiger charge is 2.12. The molecule has 4 atom stereocenters. The van der Waals surface area contributed by atoms with Crippen molar-refractivity contribution in [2.75, 3.05) is 39.3 Å². The maximum absolute atomic E-state index is 9.51. The van der Waals surface area contributed by atoms with Gasteiger partial charge in [-0.05, 0) is 53.6 Å². The van der Waals surface area contributed by atoms with E-state index in [0.29, 0.717) is 26.2 Å². The zero-order chi connectivity index (χ0) is 18.5. The molecule has 0 aliphatic rings. The number of aliphatic hydroxyl groups excluding tert-OH is 4. The lowest BCUT2D eigenvalue weighted by Crippen LogP contribution is -2.37. The molecule has 4 N–H and O–H groups in total. The summed E-state index contributed by atoms with van der Waals surface area (Å²) in [5.74, 6) is 0. The Morgan fingerprint density at radius 2 is 0.750 bits per heavy atom. The van der Waals surface area contributed by atoms with E-state index in [9.17, 15) is 20.4 Å². The molecule has 0 saturated carbocycles. The van der Waals surface area contributed by atoms with Gasteiger partial charge in [0.15, 0.2) is 0 Å². The Balaban J connectivity index is 3.91. The van der Waals surface area contributed by atoms with Crippen LogP contribution in [0.3, 0.4) is 0 Å². The Bertz CT molecular complexity index is 238. The standard InChI is InChI=1S/C18H40N2O4/c1-15(21)11-19(12-16(2)22)9-7-5-6-8-10-20(13-17(3)23)14-18(4)24/h15-18,21-24H,5-14H2,1-4H3. The predicted octanol–water partition coefficient (Wildman–Crippen LogP) is 0.674. The molecule has 0 rings (SSSR count). The van der Waals surface area contributed by atoms with Gasteiger partial charge in [0.1, 0.15) is 0 Å². The Morgan fingerprint density at radius 3 is 0.958 bits per heavy atom. The smallest absolute Gasteiger partial charge is 0.0639 e. The van der Waals surface area contributed by atoms with Crippen molar-refractivity contribution in [1.82, 2.24) is 9.80 Å². The third-order valence-electron chi connectivity index (χ3n) is 3.79. The first-order chi connectivity index (χ1) is 11.2. The van der Waals surface area contributed by atoms with Crippen LogP contribution in [-0.2, 0) is 0 Å². The van der Waals surface area contributed by atoms with Crippen molar-refractivity contribution in [2.45, 2.75) is 77.8 Å². The van der Waals surface area contributed by atoms with Gasteiger partial charge in [0.05, 0.1) is 24.4 Å². The number of unbranched alkanes of at least 4 members (excludes halogenated alkanes) is 3. The fourth-order valence-electron chi connectivity index (χ4n) is 3.03. The van der Waals surface area contributed by atoms with Crippen LogP contribution in [0, 0.1) is 0 Å². The summed E-state index contributed by atoms with van der Waals surface area (Å²) in [6, 6.07) is 0. The Kier molecular flexibility index (Phi) is 13.8. The summed E-state index contributed by atoms with van der Waals surface area (Å²) in [7, 11) is 0. The lowest BCUT2D eigenvalue weighted by atomic mass is 10.1. The van der Waals surface area contributed by atoms with Crippen LogP contribution in [0.25, 0.3) is 0 Å². The molecule has 0 aliphatic heterocycles. The molecule has 0 fully saturated rings. The molecular formula is C18H40N2O4. The summed E-state index contributed by atoms with van der Waals surface area (Å²) < 4.78 is 0. The lowest BCUT2D eigenvalue weighted by molar-refractivity contribution is 0.0797. The van der Waals surface area contributed by atoms with E-state index >= 15 is 0 Å². The second-order valence-electron chi connectivity index (χ2n) is 7.33. The SMILES string of the molecule is CC(O)CN(CCCCCCN(CC(C)O)CC(C)O)CC(C)O. The predicted molar refractivity (Wildman–Crippen MR) is 98.1 cm³/mol. The minimum absolute atomic E-state index is 0.377. The third kappa shape index (κ3) is 15.3. The monoisotopic (exact) mass is 348 g/mol. The van der Waals surface area contributed by atoms with E-state index in [1.54, 1.807) is 27.7 Å². The largest absolute Gasteiger partial charge is 0.392 e. The quantitative estimate of drug-likeness (QED) is 0.326. The van der Waals surface area contributed by atoms with Crippen LogP contribution in [-0.4, -0.2) is 93.9 Å². The molecule has 6 nitrogen and oxygen atoms in total. The van der Waals surface area contributed by atoms with E-state index < -0.39 is 0 Å². The first kappa shape index (κ1) is 23.8. The minimum Gasteiger partial charge on any atom is -0.392 e. The van der Waals surface area contributed by atoms with Gasteiger partial charge in [0, 0.05) is 26.2 Å². The molecule has 0 bridgehead atoms. The first-order valence-electron chi connectivity index (χ1n) is 9.37. The molecule has 4 unspecified atom stereocenters. The van der Waals surface area contributed by atoms with Crippen molar-refractivity contribution in [1.29, 1.82) is 0 Å². The molecule has 0 aromatic carbocycles. The fraction of sp³-hybridized carbons (Fsp3) is 1.00. The Morgan fingerprint density at radius 1 is 0.500 bits per heavy atom. The number of hydrogen-bond donors (Lipinski definition) is 4. The van der Waals surface area contributed by atoms with Gasteiger partial charge in [-0.15, -0.1) is 0 Å². The van der Waals surface area contributed by atoms with E-state index in [1.165, 1.54) is 0 Å². The van der Waals surface area contributed by atoms with Gasteiger partial charge in [-0.3, -0.25) is 9.80 Å². The topological polar surface area (TPSA) is 87.4 Å². The zero-order valence-electron chi connectivity index (χ0n) is 16.1. The number of hydrogen-bond acceptors (Lipinski definition) is 6. The highest BCUT2D eigenvalue weighted by atomic mass is 16.3. The number of nitrogens with zero attached hydrogens (tertiary/aromatic N) is 2. The van der Waals surface area contributed by atoms with Crippen LogP contribution < -0.4 is 0 Å². The molecule has 0 amide bonds. The number of rotatable bonds is 15. The summed E-state index contributed by atoms with van der Waals surface area (Å²) in [4.78, 5) is 4.23. The van der Waals surface area contributed by atoms with Crippen LogP contribution >= 0.6 is 0 Å². The molecule has 6 heteroatoms. The highest BCUT2D eigenvalue weighted by molar-refractivity contribution is 4.66. The lowest BCUT2D eigenvalue weighted by Gasteiger charge is -2.26. The number of aliphatic hydroxyl groups is 4. The maximum atomic E-state index is 9.51. The van der Waals surface area contributed by atoms with Gasteiger partial charge in [0.25, 0.3) is 0 Å². The van der Waals surface area contributed by atoms with Crippen molar-refractivity contribution in [3.8, 4) is 0 Å². The van der Waals surface area contributed by atoms with Crippen molar-refractivity contribution >= 4 is 0 Å². The van der Waals surface area contributed by atoms with Crippen LogP contribution in [0.15, 0.2) is 0 Å². The van der Waals surface area contributed by atoms with Gasteiger partial charge in [-0.2, -0.15) is 0 Å². The third-order valence-corrected chi connectivity index (χ3v) is 3.79. The summed E-state index contributed by atoms with van der Waals surface area (Å²) in [6.07, 6.45) is 2.80. The van der Waals surface area contributed by atoms with Gasteiger partial charge < -0.3 is 20.4 Å². The molecule has 0 aliphatic carbocycles.